The second-order valence-corrected chi connectivity index (χ2v) is 8.62. The van der Waals surface area contributed by atoms with E-state index in [1.54, 1.807) is 0 Å². The van der Waals surface area contributed by atoms with E-state index in [-0.39, 0.29) is 11.1 Å². The average molecular weight is 327 g/mol. The predicted octanol–water partition coefficient (Wildman–Crippen LogP) is 5.30. The van der Waals surface area contributed by atoms with Crippen LogP contribution in [-0.2, 0) is 4.84 Å². The molecule has 138 valence electrons. The van der Waals surface area contributed by atoms with Crippen molar-refractivity contribution in [3.05, 3.63) is 0 Å². The topological polar surface area (TPSA) is 24.5 Å². The van der Waals surface area contributed by atoms with Crippen LogP contribution in [0.3, 0.4) is 0 Å². The SMILES string of the molecule is CCCCCCCCCCON1C(C)(C)CC(NC)CC1(C)C. The fourth-order valence-electron chi connectivity index (χ4n) is 4.21. The molecule has 1 fully saturated rings. The van der Waals surface area contributed by atoms with E-state index in [1.165, 1.54) is 51.4 Å². The van der Waals surface area contributed by atoms with Crippen molar-refractivity contribution in [3.8, 4) is 0 Å². The fraction of sp³-hybridized carbons (Fsp3) is 1.00. The minimum atomic E-state index is 0.0928. The second-order valence-electron chi connectivity index (χ2n) is 8.62. The van der Waals surface area contributed by atoms with Crippen LogP contribution in [0.1, 0.15) is 98.8 Å². The first-order chi connectivity index (χ1) is 10.8. The molecule has 1 saturated heterocycles. The number of piperidine rings is 1. The maximum atomic E-state index is 6.26. The van der Waals surface area contributed by atoms with E-state index in [9.17, 15) is 0 Å². The Labute approximate surface area is 145 Å². The van der Waals surface area contributed by atoms with Crippen molar-refractivity contribution in [1.29, 1.82) is 0 Å². The molecule has 0 aliphatic carbocycles. The second kappa shape index (κ2) is 10.0. The number of nitrogens with one attached hydrogen (secondary N) is 1. The van der Waals surface area contributed by atoms with Gasteiger partial charge in [0, 0.05) is 17.1 Å². The number of unbranched alkanes of at least 4 members (excludes halogenated alkanes) is 7. The quantitative estimate of drug-likeness (QED) is 0.521. The van der Waals surface area contributed by atoms with E-state index in [4.69, 9.17) is 4.84 Å². The summed E-state index contributed by atoms with van der Waals surface area (Å²) in [6, 6.07) is 0.586. The number of hydrogen-bond donors (Lipinski definition) is 1. The van der Waals surface area contributed by atoms with E-state index in [2.05, 4.69) is 52.0 Å². The highest BCUT2D eigenvalue weighted by Gasteiger charge is 2.46. The molecule has 0 atom stereocenters. The Hall–Kier alpha value is -0.120. The van der Waals surface area contributed by atoms with Gasteiger partial charge in [-0.15, -0.1) is 0 Å². The van der Waals surface area contributed by atoms with Crippen molar-refractivity contribution in [2.24, 2.45) is 0 Å². The van der Waals surface area contributed by atoms with Crippen molar-refractivity contribution in [2.45, 2.75) is 116 Å². The zero-order valence-electron chi connectivity index (χ0n) is 16.7. The first kappa shape index (κ1) is 20.9. The van der Waals surface area contributed by atoms with Gasteiger partial charge >= 0.3 is 0 Å². The van der Waals surface area contributed by atoms with Crippen molar-refractivity contribution in [3.63, 3.8) is 0 Å². The lowest BCUT2D eigenvalue weighted by molar-refractivity contribution is -0.284. The van der Waals surface area contributed by atoms with Gasteiger partial charge in [-0.05, 0) is 54.0 Å². The fourth-order valence-corrected chi connectivity index (χ4v) is 4.21. The molecule has 1 aliphatic heterocycles. The molecule has 1 aliphatic rings. The molecule has 1 rings (SSSR count). The molecule has 23 heavy (non-hydrogen) atoms. The zero-order valence-corrected chi connectivity index (χ0v) is 16.7. The van der Waals surface area contributed by atoms with Gasteiger partial charge in [0.05, 0.1) is 6.61 Å². The van der Waals surface area contributed by atoms with Crippen LogP contribution in [0.2, 0.25) is 0 Å². The van der Waals surface area contributed by atoms with Gasteiger partial charge in [-0.2, -0.15) is 5.06 Å². The first-order valence-corrected chi connectivity index (χ1v) is 9.94. The van der Waals surface area contributed by atoms with Crippen molar-refractivity contribution in [1.82, 2.24) is 10.4 Å². The standard InChI is InChI=1S/C20H42N2O/c1-7-8-9-10-11-12-13-14-15-23-22-19(2,3)16-18(21-6)17-20(22,4)5/h18,21H,7-17H2,1-6H3. The molecule has 0 aromatic carbocycles. The summed E-state index contributed by atoms with van der Waals surface area (Å²) in [6.07, 6.45) is 13.1. The van der Waals surface area contributed by atoms with E-state index in [0.29, 0.717) is 6.04 Å². The summed E-state index contributed by atoms with van der Waals surface area (Å²) in [5, 5.41) is 5.75. The van der Waals surface area contributed by atoms with Gasteiger partial charge < -0.3 is 5.32 Å². The van der Waals surface area contributed by atoms with Crippen LogP contribution >= 0.6 is 0 Å². The average Bonchev–Trinajstić information content (AvgIpc) is 2.46. The number of hydroxylamine groups is 2. The van der Waals surface area contributed by atoms with Crippen LogP contribution in [0.5, 0.6) is 0 Å². The smallest absolute Gasteiger partial charge is 0.0685 e. The summed E-state index contributed by atoms with van der Waals surface area (Å²) in [4.78, 5) is 6.26. The van der Waals surface area contributed by atoms with Gasteiger partial charge in [-0.25, -0.2) is 0 Å². The van der Waals surface area contributed by atoms with E-state index < -0.39 is 0 Å². The maximum absolute atomic E-state index is 6.26. The molecule has 0 radical (unpaired) electrons. The Balaban J connectivity index is 2.25. The zero-order chi connectivity index (χ0) is 17.3. The molecule has 3 heteroatoms. The summed E-state index contributed by atoms with van der Waals surface area (Å²) in [5.41, 5.74) is 0.186. The van der Waals surface area contributed by atoms with Crippen LogP contribution in [0.4, 0.5) is 0 Å². The molecular formula is C20H42N2O. The summed E-state index contributed by atoms with van der Waals surface area (Å²) in [7, 11) is 2.08. The third-order valence-corrected chi connectivity index (χ3v) is 5.22. The van der Waals surface area contributed by atoms with E-state index in [0.717, 1.165) is 19.4 Å². The highest BCUT2D eigenvalue weighted by atomic mass is 16.7. The highest BCUT2D eigenvalue weighted by molar-refractivity contribution is 4.98. The Morgan fingerprint density at radius 3 is 1.83 bits per heavy atom. The number of hydrogen-bond acceptors (Lipinski definition) is 3. The monoisotopic (exact) mass is 326 g/mol. The lowest BCUT2D eigenvalue weighted by Crippen LogP contribution is -2.63. The van der Waals surface area contributed by atoms with Gasteiger partial charge in [0.2, 0.25) is 0 Å². The molecule has 0 unspecified atom stereocenters. The minimum Gasteiger partial charge on any atom is -0.317 e. The Kier molecular flexibility index (Phi) is 9.10. The molecule has 0 saturated carbocycles. The Morgan fingerprint density at radius 1 is 0.870 bits per heavy atom. The predicted molar refractivity (Wildman–Crippen MR) is 101 cm³/mol. The lowest BCUT2D eigenvalue weighted by atomic mass is 9.79. The lowest BCUT2D eigenvalue weighted by Gasteiger charge is -2.53. The van der Waals surface area contributed by atoms with Crippen molar-refractivity contribution in [2.75, 3.05) is 13.7 Å². The van der Waals surface area contributed by atoms with Gasteiger partial charge in [0.1, 0.15) is 0 Å². The molecule has 1 N–H and O–H groups in total. The number of rotatable bonds is 11. The summed E-state index contributed by atoms with van der Waals surface area (Å²) < 4.78 is 0. The highest BCUT2D eigenvalue weighted by Crippen LogP contribution is 2.38. The van der Waals surface area contributed by atoms with Gasteiger partial charge in [-0.3, -0.25) is 4.84 Å². The van der Waals surface area contributed by atoms with Crippen molar-refractivity contribution >= 4 is 0 Å². The van der Waals surface area contributed by atoms with Crippen LogP contribution in [-0.4, -0.2) is 35.8 Å². The molecule has 0 spiro atoms. The molecule has 0 amide bonds. The minimum absolute atomic E-state index is 0.0928. The molecule has 0 aromatic heterocycles. The van der Waals surface area contributed by atoms with E-state index >= 15 is 0 Å². The summed E-state index contributed by atoms with van der Waals surface area (Å²) >= 11 is 0. The molecular weight excluding hydrogens is 284 g/mol. The Morgan fingerprint density at radius 2 is 1.35 bits per heavy atom. The summed E-state index contributed by atoms with van der Waals surface area (Å²) in [5.74, 6) is 0. The van der Waals surface area contributed by atoms with Gasteiger partial charge in [0.15, 0.2) is 0 Å². The third-order valence-electron chi connectivity index (χ3n) is 5.22. The number of nitrogens with zero attached hydrogens (tertiary/aromatic N) is 1. The molecule has 3 nitrogen and oxygen atoms in total. The van der Waals surface area contributed by atoms with Crippen LogP contribution in [0, 0.1) is 0 Å². The molecule has 0 bridgehead atoms. The van der Waals surface area contributed by atoms with Crippen LogP contribution < -0.4 is 5.32 Å². The summed E-state index contributed by atoms with van der Waals surface area (Å²) in [6.45, 7) is 12.4. The maximum Gasteiger partial charge on any atom is 0.0685 e. The van der Waals surface area contributed by atoms with Gasteiger partial charge in [-0.1, -0.05) is 51.9 Å². The Bertz CT molecular complexity index is 297. The van der Waals surface area contributed by atoms with Crippen LogP contribution in [0.25, 0.3) is 0 Å². The first-order valence-electron chi connectivity index (χ1n) is 9.94. The van der Waals surface area contributed by atoms with Gasteiger partial charge in [0.25, 0.3) is 0 Å². The van der Waals surface area contributed by atoms with E-state index in [1.807, 2.05) is 0 Å². The molecule has 1 heterocycles. The largest absolute Gasteiger partial charge is 0.317 e. The van der Waals surface area contributed by atoms with Crippen LogP contribution in [0.15, 0.2) is 0 Å². The van der Waals surface area contributed by atoms with Crippen molar-refractivity contribution < 1.29 is 4.84 Å². The third kappa shape index (κ3) is 7.11. The molecule has 0 aromatic rings. The normalized spacial score (nSPS) is 21.7.